The van der Waals surface area contributed by atoms with Gasteiger partial charge in [-0.2, -0.15) is 0 Å². The minimum Gasteiger partial charge on any atom is -0.496 e. The zero-order valence-electron chi connectivity index (χ0n) is 21.3. The lowest BCUT2D eigenvalue weighted by atomic mass is 9.98. The Labute approximate surface area is 221 Å². The van der Waals surface area contributed by atoms with E-state index in [-0.39, 0.29) is 23.5 Å². The lowest BCUT2D eigenvalue weighted by Gasteiger charge is -2.24. The molecule has 0 radical (unpaired) electrons. The number of carbonyl (C=O) groups excluding carboxylic acids is 3. The van der Waals surface area contributed by atoms with Crippen LogP contribution in [-0.4, -0.2) is 56.4 Å². The van der Waals surface area contributed by atoms with Gasteiger partial charge in [0.25, 0.3) is 10.0 Å². The Balaban J connectivity index is 1.93. The average Bonchev–Trinajstić information content (AvgIpc) is 2.93. The topological polar surface area (TPSA) is 131 Å². The molecule has 3 rings (SSSR count). The monoisotopic (exact) mass is 551 g/mol. The van der Waals surface area contributed by atoms with Crippen molar-refractivity contribution in [2.24, 2.45) is 5.92 Å². The summed E-state index contributed by atoms with van der Waals surface area (Å²) in [5.41, 5.74) is 0.618. The number of rotatable bonds is 6. The zero-order chi connectivity index (χ0) is 27.5. The van der Waals surface area contributed by atoms with Gasteiger partial charge < -0.3 is 14.8 Å². The van der Waals surface area contributed by atoms with Crippen molar-refractivity contribution in [1.29, 1.82) is 0 Å². The molecule has 12 heteroatoms. The number of nitrogens with zero attached hydrogens (tertiary/aromatic N) is 1. The highest BCUT2D eigenvalue weighted by Gasteiger charge is 2.38. The van der Waals surface area contributed by atoms with Gasteiger partial charge in [0.05, 0.1) is 17.9 Å². The third-order valence-corrected chi connectivity index (χ3v) is 7.54. The molecule has 0 saturated carbocycles. The summed E-state index contributed by atoms with van der Waals surface area (Å²) in [4.78, 5) is 37.9. The van der Waals surface area contributed by atoms with E-state index >= 15 is 0 Å². The second kappa shape index (κ2) is 11.0. The van der Waals surface area contributed by atoms with E-state index in [1.54, 1.807) is 45.9 Å². The first-order valence-corrected chi connectivity index (χ1v) is 13.3. The van der Waals surface area contributed by atoms with Gasteiger partial charge in [-0.1, -0.05) is 17.7 Å². The van der Waals surface area contributed by atoms with Crippen LogP contribution in [0.5, 0.6) is 5.75 Å². The van der Waals surface area contributed by atoms with E-state index in [1.807, 2.05) is 0 Å². The van der Waals surface area contributed by atoms with Crippen LogP contribution in [0, 0.1) is 12.8 Å². The lowest BCUT2D eigenvalue weighted by molar-refractivity contribution is -0.131. The van der Waals surface area contributed by atoms with Crippen molar-refractivity contribution in [2.45, 2.75) is 44.6 Å². The number of nitrogens with one attached hydrogen (secondary N) is 2. The molecule has 0 aromatic heterocycles. The summed E-state index contributed by atoms with van der Waals surface area (Å²) >= 11 is 6.11. The van der Waals surface area contributed by atoms with E-state index in [0.717, 1.165) is 0 Å². The first-order valence-electron chi connectivity index (χ1n) is 11.5. The second-order valence-corrected chi connectivity index (χ2v) is 11.9. The van der Waals surface area contributed by atoms with E-state index in [0.29, 0.717) is 26.2 Å². The maximum atomic E-state index is 13.6. The maximum Gasteiger partial charge on any atom is 0.412 e. The molecule has 1 heterocycles. The summed E-state index contributed by atoms with van der Waals surface area (Å²) < 4.78 is 38.3. The molecule has 2 aromatic rings. The molecule has 1 atom stereocenters. The van der Waals surface area contributed by atoms with Crippen molar-refractivity contribution >= 4 is 45.2 Å². The SMILES string of the molecule is COc1ccc(Cl)cc1CC1CNC(=O)CN(S(=O)(=O)c2ccc(C)c(NC(=O)OC(C)(C)C)c2)C1=O. The maximum absolute atomic E-state index is 13.6. The fraction of sp³-hybridized carbons (Fsp3) is 0.400. The van der Waals surface area contributed by atoms with E-state index in [9.17, 15) is 22.8 Å². The number of amides is 3. The highest BCUT2D eigenvalue weighted by molar-refractivity contribution is 7.89. The molecule has 1 aliphatic heterocycles. The summed E-state index contributed by atoms with van der Waals surface area (Å²) in [7, 11) is -2.98. The van der Waals surface area contributed by atoms with Crippen molar-refractivity contribution in [3.05, 3.63) is 52.5 Å². The first-order chi connectivity index (χ1) is 17.2. The molecule has 0 bridgehead atoms. The summed E-state index contributed by atoms with van der Waals surface area (Å²) in [6.07, 6.45) is -0.667. The highest BCUT2D eigenvalue weighted by Crippen LogP contribution is 2.29. The number of ether oxygens (including phenoxy) is 2. The number of sulfonamides is 1. The standard InChI is InChI=1S/C25H30ClN3O7S/c1-15-6-8-19(12-20(15)28-24(32)36-25(2,3)4)37(33,34)29-14-22(30)27-13-17(23(29)31)10-16-11-18(26)7-9-21(16)35-5/h6-9,11-12,17H,10,13-14H2,1-5H3,(H,27,30)(H,28,32). The predicted octanol–water partition coefficient (Wildman–Crippen LogP) is 3.51. The van der Waals surface area contributed by atoms with Crippen LogP contribution in [0.2, 0.25) is 5.02 Å². The third-order valence-electron chi connectivity index (χ3n) is 5.57. The smallest absolute Gasteiger partial charge is 0.412 e. The van der Waals surface area contributed by atoms with Gasteiger partial charge in [0.15, 0.2) is 0 Å². The molecular weight excluding hydrogens is 522 g/mol. The van der Waals surface area contributed by atoms with Crippen molar-refractivity contribution in [3.63, 3.8) is 0 Å². The molecule has 2 aromatic carbocycles. The number of anilines is 1. The molecule has 0 spiro atoms. The average molecular weight is 552 g/mol. The molecule has 10 nitrogen and oxygen atoms in total. The summed E-state index contributed by atoms with van der Waals surface area (Å²) in [5.74, 6) is -1.77. The van der Waals surface area contributed by atoms with Crippen LogP contribution in [-0.2, 0) is 30.8 Å². The second-order valence-electron chi connectivity index (χ2n) is 9.61. The number of hydrogen-bond donors (Lipinski definition) is 2. The summed E-state index contributed by atoms with van der Waals surface area (Å²) in [6.45, 7) is 6.05. The van der Waals surface area contributed by atoms with Crippen LogP contribution in [0.15, 0.2) is 41.3 Å². The molecule has 0 aliphatic carbocycles. The Kier molecular flexibility index (Phi) is 8.38. The highest BCUT2D eigenvalue weighted by atomic mass is 35.5. The molecule has 1 saturated heterocycles. The molecule has 3 amide bonds. The number of carbonyl (C=O) groups is 3. The van der Waals surface area contributed by atoms with Crippen LogP contribution in [0.25, 0.3) is 0 Å². The fourth-order valence-electron chi connectivity index (χ4n) is 3.76. The normalized spacial score (nSPS) is 16.6. The third kappa shape index (κ3) is 6.92. The van der Waals surface area contributed by atoms with Crippen LogP contribution in [0.3, 0.4) is 0 Å². The molecule has 1 aliphatic rings. The van der Waals surface area contributed by atoms with Crippen molar-refractivity contribution in [2.75, 3.05) is 25.5 Å². The Hall–Kier alpha value is -3.31. The minimum atomic E-state index is -4.45. The zero-order valence-corrected chi connectivity index (χ0v) is 22.8. The van der Waals surface area contributed by atoms with Crippen molar-refractivity contribution in [1.82, 2.24) is 9.62 Å². The first kappa shape index (κ1) is 28.3. The van der Waals surface area contributed by atoms with Gasteiger partial charge in [-0.15, -0.1) is 0 Å². The number of aryl methyl sites for hydroxylation is 1. The molecule has 37 heavy (non-hydrogen) atoms. The van der Waals surface area contributed by atoms with Gasteiger partial charge >= 0.3 is 6.09 Å². The van der Waals surface area contributed by atoms with Gasteiger partial charge in [-0.05, 0) is 75.6 Å². The number of methoxy groups -OCH3 is 1. The van der Waals surface area contributed by atoms with E-state index in [4.69, 9.17) is 21.1 Å². The largest absolute Gasteiger partial charge is 0.496 e. The minimum absolute atomic E-state index is 0.0568. The van der Waals surface area contributed by atoms with Crippen LogP contribution in [0.1, 0.15) is 31.9 Å². The fourth-order valence-corrected chi connectivity index (χ4v) is 5.39. The van der Waals surface area contributed by atoms with Crippen molar-refractivity contribution < 1.29 is 32.3 Å². The van der Waals surface area contributed by atoms with Gasteiger partial charge in [0.1, 0.15) is 17.9 Å². The molecule has 2 N–H and O–H groups in total. The number of hydrogen-bond acceptors (Lipinski definition) is 7. The predicted molar refractivity (Wildman–Crippen MR) is 138 cm³/mol. The van der Waals surface area contributed by atoms with Crippen LogP contribution in [0.4, 0.5) is 10.5 Å². The van der Waals surface area contributed by atoms with E-state index in [1.165, 1.54) is 25.3 Å². The Morgan fingerprint density at radius 2 is 1.89 bits per heavy atom. The Morgan fingerprint density at radius 1 is 1.19 bits per heavy atom. The summed E-state index contributed by atoms with van der Waals surface area (Å²) in [6, 6.07) is 8.97. The molecule has 200 valence electrons. The van der Waals surface area contributed by atoms with Crippen LogP contribution >= 0.6 is 11.6 Å². The lowest BCUT2D eigenvalue weighted by Crippen LogP contribution is -2.42. The van der Waals surface area contributed by atoms with E-state index in [2.05, 4.69) is 10.6 Å². The Morgan fingerprint density at radius 3 is 2.54 bits per heavy atom. The summed E-state index contributed by atoms with van der Waals surface area (Å²) in [5, 5.41) is 5.57. The van der Waals surface area contributed by atoms with Gasteiger partial charge in [0, 0.05) is 17.3 Å². The Bertz CT molecular complexity index is 1320. The van der Waals surface area contributed by atoms with Crippen LogP contribution < -0.4 is 15.4 Å². The quantitative estimate of drug-likeness (QED) is 0.561. The van der Waals surface area contributed by atoms with Gasteiger partial charge in [0.2, 0.25) is 11.8 Å². The van der Waals surface area contributed by atoms with Crippen molar-refractivity contribution in [3.8, 4) is 5.75 Å². The van der Waals surface area contributed by atoms with E-state index < -0.39 is 46.0 Å². The number of halogens is 1. The number of benzene rings is 2. The molecular formula is C25H30ClN3O7S. The van der Waals surface area contributed by atoms with Gasteiger partial charge in [-0.25, -0.2) is 17.5 Å². The van der Waals surface area contributed by atoms with Gasteiger partial charge in [-0.3, -0.25) is 14.9 Å². The molecule has 1 unspecified atom stereocenters. The molecule has 1 fully saturated rings.